The molecule has 1 aromatic heterocycles. The number of rotatable bonds is 11. The topological polar surface area (TPSA) is 76.2 Å². The van der Waals surface area contributed by atoms with Crippen molar-refractivity contribution in [1.82, 2.24) is 4.90 Å². The molecule has 2 rings (SSSR count). The number of thiophene rings is 1. The van der Waals surface area contributed by atoms with Crippen molar-refractivity contribution in [2.75, 3.05) is 44.8 Å². The molecule has 2 aromatic rings. The predicted molar refractivity (Wildman–Crippen MR) is 106 cm³/mol. The van der Waals surface area contributed by atoms with E-state index in [1.807, 2.05) is 0 Å². The minimum atomic E-state index is -3.65. The lowest BCUT2D eigenvalue weighted by Gasteiger charge is -2.22. The van der Waals surface area contributed by atoms with Gasteiger partial charge in [0, 0.05) is 20.7 Å². The number of methoxy groups -OCH3 is 1. The van der Waals surface area contributed by atoms with Gasteiger partial charge in [-0.25, -0.2) is 17.2 Å². The second kappa shape index (κ2) is 10.5. The van der Waals surface area contributed by atoms with Gasteiger partial charge in [-0.3, -0.25) is 9.10 Å². The summed E-state index contributed by atoms with van der Waals surface area (Å²) >= 11 is 1.12. The first-order valence-corrected chi connectivity index (χ1v) is 10.9. The first-order chi connectivity index (χ1) is 13.8. The molecular formula is C18H22F2N2O5S2. The van der Waals surface area contributed by atoms with Crippen LogP contribution in [-0.4, -0.2) is 66.1 Å². The smallest absolute Gasteiger partial charge is 0.273 e. The first kappa shape index (κ1) is 23.0. The van der Waals surface area contributed by atoms with Gasteiger partial charge < -0.3 is 14.4 Å². The number of alkyl halides is 2. The van der Waals surface area contributed by atoms with Crippen molar-refractivity contribution >= 4 is 33.0 Å². The molecule has 0 N–H and O–H groups in total. The van der Waals surface area contributed by atoms with Crippen LogP contribution in [0.2, 0.25) is 0 Å². The summed E-state index contributed by atoms with van der Waals surface area (Å²) in [5, 5.41) is 1.68. The molecular weight excluding hydrogens is 426 g/mol. The maximum absolute atomic E-state index is 12.6. The zero-order valence-electron chi connectivity index (χ0n) is 16.0. The highest BCUT2D eigenvalue weighted by atomic mass is 32.2. The fourth-order valence-electron chi connectivity index (χ4n) is 2.36. The highest BCUT2D eigenvalue weighted by Gasteiger charge is 2.22. The van der Waals surface area contributed by atoms with E-state index in [4.69, 9.17) is 9.47 Å². The van der Waals surface area contributed by atoms with E-state index >= 15 is 0 Å². The highest BCUT2D eigenvalue weighted by molar-refractivity contribution is 7.94. The third-order valence-corrected chi connectivity index (χ3v) is 7.11. The highest BCUT2D eigenvalue weighted by Crippen LogP contribution is 2.26. The maximum Gasteiger partial charge on any atom is 0.273 e. The molecule has 0 fully saturated rings. The van der Waals surface area contributed by atoms with Gasteiger partial charge >= 0.3 is 0 Å². The molecule has 160 valence electrons. The molecule has 0 bridgehead atoms. The van der Waals surface area contributed by atoms with Gasteiger partial charge in [0.15, 0.2) is 6.61 Å². The molecule has 1 amide bonds. The van der Waals surface area contributed by atoms with Crippen molar-refractivity contribution in [2.45, 2.75) is 10.6 Å². The lowest BCUT2D eigenvalue weighted by Crippen LogP contribution is -2.40. The van der Waals surface area contributed by atoms with Crippen LogP contribution in [0.15, 0.2) is 46.0 Å². The Balaban J connectivity index is 1.98. The third-order valence-electron chi connectivity index (χ3n) is 3.95. The van der Waals surface area contributed by atoms with Crippen molar-refractivity contribution in [3.8, 4) is 5.75 Å². The number of carbonyl (C=O) groups excluding carboxylic acids is 1. The van der Waals surface area contributed by atoms with E-state index in [0.717, 1.165) is 20.5 Å². The molecule has 29 heavy (non-hydrogen) atoms. The summed E-state index contributed by atoms with van der Waals surface area (Å²) in [5.74, 6) is -0.281. The van der Waals surface area contributed by atoms with Gasteiger partial charge in [0.25, 0.3) is 22.4 Å². The Hall–Kier alpha value is -2.24. The minimum absolute atomic E-state index is 0.0351. The number of carbonyl (C=O) groups is 1. The Labute approximate surface area is 172 Å². The summed E-state index contributed by atoms with van der Waals surface area (Å²) in [6.45, 7) is -0.944. The molecule has 11 heteroatoms. The fourth-order valence-corrected chi connectivity index (χ4v) is 4.72. The van der Waals surface area contributed by atoms with Crippen LogP contribution in [0, 0.1) is 0 Å². The average Bonchev–Trinajstić information content (AvgIpc) is 3.24. The number of halogens is 2. The molecule has 0 saturated heterocycles. The van der Waals surface area contributed by atoms with Gasteiger partial charge in [-0.1, -0.05) is 6.07 Å². The Morgan fingerprint density at radius 3 is 2.45 bits per heavy atom. The van der Waals surface area contributed by atoms with E-state index < -0.39 is 35.5 Å². The molecule has 0 unspecified atom stereocenters. The summed E-state index contributed by atoms with van der Waals surface area (Å²) in [5.41, 5.74) is 0.413. The number of benzene rings is 1. The Morgan fingerprint density at radius 2 is 1.90 bits per heavy atom. The Morgan fingerprint density at radius 1 is 1.21 bits per heavy atom. The first-order valence-electron chi connectivity index (χ1n) is 8.56. The van der Waals surface area contributed by atoms with E-state index in [0.29, 0.717) is 11.4 Å². The van der Waals surface area contributed by atoms with Crippen molar-refractivity contribution in [2.24, 2.45) is 0 Å². The van der Waals surface area contributed by atoms with E-state index in [9.17, 15) is 22.0 Å². The average molecular weight is 449 g/mol. The van der Waals surface area contributed by atoms with Crippen LogP contribution in [0.3, 0.4) is 0 Å². The van der Waals surface area contributed by atoms with Crippen LogP contribution >= 0.6 is 11.3 Å². The quantitative estimate of drug-likeness (QED) is 0.528. The Bertz CT molecular complexity index is 874. The van der Waals surface area contributed by atoms with Crippen LogP contribution in [0.4, 0.5) is 14.5 Å². The van der Waals surface area contributed by atoms with Gasteiger partial charge in [-0.2, -0.15) is 0 Å². The van der Waals surface area contributed by atoms with Crippen LogP contribution in [0.25, 0.3) is 0 Å². The van der Waals surface area contributed by atoms with Gasteiger partial charge in [-0.15, -0.1) is 11.3 Å². The predicted octanol–water partition coefficient (Wildman–Crippen LogP) is 2.69. The van der Waals surface area contributed by atoms with E-state index in [1.165, 1.54) is 44.5 Å². The molecule has 1 heterocycles. The van der Waals surface area contributed by atoms with Gasteiger partial charge in [0.2, 0.25) is 0 Å². The maximum atomic E-state index is 12.6. The van der Waals surface area contributed by atoms with E-state index in [-0.39, 0.29) is 17.4 Å². The molecule has 0 atom stereocenters. The third kappa shape index (κ3) is 6.38. The summed E-state index contributed by atoms with van der Waals surface area (Å²) < 4.78 is 61.9. The summed E-state index contributed by atoms with van der Waals surface area (Å²) in [6, 6.07) is 9.27. The Kier molecular flexibility index (Phi) is 8.35. The van der Waals surface area contributed by atoms with Crippen molar-refractivity contribution in [3.05, 3.63) is 41.8 Å². The standard InChI is InChI=1S/C18H22F2N2O5S2/c1-21(29(24,25)18-4-3-11-28-18)14-5-7-15(8-6-14)27-13-17(23)22(9-10-26-2)12-16(19)20/h3-8,11,16H,9-10,12-13H2,1-2H3. The van der Waals surface area contributed by atoms with Crippen LogP contribution in [0.1, 0.15) is 0 Å². The normalized spacial score (nSPS) is 11.5. The molecule has 7 nitrogen and oxygen atoms in total. The summed E-state index contributed by atoms with van der Waals surface area (Å²) in [6.07, 6.45) is -2.66. The SMILES string of the molecule is COCCN(CC(F)F)C(=O)COc1ccc(N(C)S(=O)(=O)c2cccs2)cc1. The summed E-state index contributed by atoms with van der Waals surface area (Å²) in [4.78, 5) is 13.1. The second-order valence-electron chi connectivity index (χ2n) is 5.91. The number of hydrogen-bond acceptors (Lipinski definition) is 6. The monoisotopic (exact) mass is 448 g/mol. The lowest BCUT2D eigenvalue weighted by atomic mass is 10.3. The number of anilines is 1. The number of nitrogens with zero attached hydrogens (tertiary/aromatic N) is 2. The van der Waals surface area contributed by atoms with Crippen LogP contribution in [0.5, 0.6) is 5.75 Å². The molecule has 0 saturated carbocycles. The molecule has 0 aliphatic heterocycles. The van der Waals surface area contributed by atoms with Crippen LogP contribution < -0.4 is 9.04 Å². The van der Waals surface area contributed by atoms with Crippen molar-refractivity contribution in [1.29, 1.82) is 0 Å². The zero-order chi connectivity index (χ0) is 21.4. The molecule has 0 radical (unpaired) electrons. The van der Waals surface area contributed by atoms with E-state index in [2.05, 4.69) is 0 Å². The number of amides is 1. The second-order valence-corrected chi connectivity index (χ2v) is 9.05. The molecule has 0 spiro atoms. The van der Waals surface area contributed by atoms with Gasteiger partial charge in [0.05, 0.1) is 18.8 Å². The van der Waals surface area contributed by atoms with Crippen molar-refractivity contribution in [3.63, 3.8) is 0 Å². The number of ether oxygens (including phenoxy) is 2. The van der Waals surface area contributed by atoms with Gasteiger partial charge in [0.1, 0.15) is 9.96 Å². The van der Waals surface area contributed by atoms with Crippen molar-refractivity contribution < 1.29 is 31.5 Å². The molecule has 1 aromatic carbocycles. The summed E-state index contributed by atoms with van der Waals surface area (Å²) in [7, 11) is -0.799. The van der Waals surface area contributed by atoms with Crippen LogP contribution in [-0.2, 0) is 19.6 Å². The van der Waals surface area contributed by atoms with Gasteiger partial charge in [-0.05, 0) is 35.7 Å². The zero-order valence-corrected chi connectivity index (χ0v) is 17.6. The number of hydrogen-bond donors (Lipinski definition) is 0. The fraction of sp³-hybridized carbons (Fsp3) is 0.389. The molecule has 0 aliphatic carbocycles. The lowest BCUT2D eigenvalue weighted by molar-refractivity contribution is -0.136. The van der Waals surface area contributed by atoms with E-state index in [1.54, 1.807) is 11.4 Å². The molecule has 0 aliphatic rings. The minimum Gasteiger partial charge on any atom is -0.484 e. The number of sulfonamides is 1. The largest absolute Gasteiger partial charge is 0.484 e.